The van der Waals surface area contributed by atoms with E-state index in [0.29, 0.717) is 19.5 Å². The number of nitrogens with zero attached hydrogens (tertiary/aromatic N) is 2. The van der Waals surface area contributed by atoms with Gasteiger partial charge in [-0.05, 0) is 36.8 Å². The normalized spacial score (nSPS) is 22.7. The van der Waals surface area contributed by atoms with Crippen molar-refractivity contribution in [1.29, 1.82) is 0 Å². The summed E-state index contributed by atoms with van der Waals surface area (Å²) in [5.74, 6) is 1.25. The largest absolute Gasteiger partial charge is 0.343 e. The van der Waals surface area contributed by atoms with E-state index in [1.54, 1.807) is 4.90 Å². The molecule has 0 radical (unpaired) electrons. The summed E-state index contributed by atoms with van der Waals surface area (Å²) >= 11 is 0. The second-order valence-corrected chi connectivity index (χ2v) is 8.03. The smallest absolute Gasteiger partial charge is 0.237 e. The van der Waals surface area contributed by atoms with Gasteiger partial charge in [0.2, 0.25) is 11.8 Å². The van der Waals surface area contributed by atoms with Crippen LogP contribution >= 0.6 is 0 Å². The van der Waals surface area contributed by atoms with Gasteiger partial charge in [-0.15, -0.1) is 0 Å². The summed E-state index contributed by atoms with van der Waals surface area (Å²) in [7, 11) is 1.87. The number of carbonyl (C=O) groups is 2. The predicted molar refractivity (Wildman–Crippen MR) is 98.5 cm³/mol. The first-order valence-electron chi connectivity index (χ1n) is 9.77. The van der Waals surface area contributed by atoms with E-state index in [4.69, 9.17) is 0 Å². The predicted octanol–water partition coefficient (Wildman–Crippen LogP) is 3.49. The van der Waals surface area contributed by atoms with Crippen LogP contribution < -0.4 is 4.90 Å². The van der Waals surface area contributed by atoms with E-state index in [-0.39, 0.29) is 11.8 Å². The molecule has 4 heteroatoms. The van der Waals surface area contributed by atoms with Gasteiger partial charge in [-0.3, -0.25) is 9.59 Å². The molecule has 0 unspecified atom stereocenters. The van der Waals surface area contributed by atoms with Crippen LogP contribution in [0.2, 0.25) is 0 Å². The van der Waals surface area contributed by atoms with Crippen LogP contribution in [0.25, 0.3) is 0 Å². The third-order valence-corrected chi connectivity index (χ3v) is 6.71. The molecule has 134 valence electrons. The van der Waals surface area contributed by atoms with Gasteiger partial charge in [0.05, 0.1) is 5.41 Å². The number of benzene rings is 1. The first kappa shape index (κ1) is 16.6. The van der Waals surface area contributed by atoms with Gasteiger partial charge in [-0.1, -0.05) is 43.9 Å². The van der Waals surface area contributed by atoms with Crippen LogP contribution in [-0.2, 0) is 15.0 Å². The Kier molecular flexibility index (Phi) is 4.30. The lowest BCUT2D eigenvalue weighted by atomic mass is 9.73. The topological polar surface area (TPSA) is 40.6 Å². The minimum absolute atomic E-state index is 0.201. The number of piperidine rings is 1. The zero-order valence-electron chi connectivity index (χ0n) is 15.2. The van der Waals surface area contributed by atoms with Gasteiger partial charge in [0.1, 0.15) is 0 Å². The fourth-order valence-electron chi connectivity index (χ4n) is 5.12. The van der Waals surface area contributed by atoms with E-state index in [2.05, 4.69) is 6.07 Å². The second-order valence-electron chi connectivity index (χ2n) is 8.03. The molecule has 25 heavy (non-hydrogen) atoms. The highest BCUT2D eigenvalue weighted by Crippen LogP contribution is 2.47. The van der Waals surface area contributed by atoms with Crippen LogP contribution in [0.4, 0.5) is 5.69 Å². The average Bonchev–Trinajstić information content (AvgIpc) is 3.24. The standard InChI is InChI=1S/C21H28N2O2/c1-22-18-9-5-4-8-17(18)21(20(22)25)12-14-23(15-13-21)19(24)11-10-16-6-2-3-7-16/h4-5,8-9,16H,2-3,6-7,10-15H2,1H3. The lowest BCUT2D eigenvalue weighted by Crippen LogP contribution is -2.49. The molecule has 3 aliphatic rings. The Balaban J connectivity index is 1.41. The van der Waals surface area contributed by atoms with Gasteiger partial charge in [0, 0.05) is 32.2 Å². The van der Waals surface area contributed by atoms with Crippen LogP contribution in [0.15, 0.2) is 24.3 Å². The van der Waals surface area contributed by atoms with Crippen LogP contribution in [0.3, 0.4) is 0 Å². The number of amides is 2. The lowest BCUT2D eigenvalue weighted by Gasteiger charge is -2.38. The Morgan fingerprint density at radius 3 is 2.56 bits per heavy atom. The maximum Gasteiger partial charge on any atom is 0.237 e. The Labute approximate surface area is 150 Å². The van der Waals surface area contributed by atoms with Crippen molar-refractivity contribution < 1.29 is 9.59 Å². The molecule has 1 saturated heterocycles. The maximum absolute atomic E-state index is 12.9. The fraction of sp³-hybridized carbons (Fsp3) is 0.619. The summed E-state index contributed by atoms with van der Waals surface area (Å²) < 4.78 is 0. The summed E-state index contributed by atoms with van der Waals surface area (Å²) in [6.07, 6.45) is 8.50. The van der Waals surface area contributed by atoms with Gasteiger partial charge >= 0.3 is 0 Å². The summed E-state index contributed by atoms with van der Waals surface area (Å²) in [5.41, 5.74) is 1.78. The fourth-order valence-corrected chi connectivity index (χ4v) is 5.12. The minimum atomic E-state index is -0.409. The van der Waals surface area contributed by atoms with Gasteiger partial charge in [-0.25, -0.2) is 0 Å². The van der Waals surface area contributed by atoms with Crippen molar-refractivity contribution in [3.05, 3.63) is 29.8 Å². The first-order chi connectivity index (χ1) is 12.1. The molecule has 0 N–H and O–H groups in total. The molecule has 1 aromatic rings. The highest BCUT2D eigenvalue weighted by Gasteiger charge is 2.51. The van der Waals surface area contributed by atoms with Gasteiger partial charge in [-0.2, -0.15) is 0 Å². The number of para-hydroxylation sites is 1. The van der Waals surface area contributed by atoms with E-state index in [1.165, 1.54) is 25.7 Å². The van der Waals surface area contributed by atoms with E-state index in [0.717, 1.165) is 36.4 Å². The molecule has 2 fully saturated rings. The highest BCUT2D eigenvalue weighted by atomic mass is 16.2. The zero-order valence-corrected chi connectivity index (χ0v) is 15.2. The van der Waals surface area contributed by atoms with Crippen molar-refractivity contribution in [3.63, 3.8) is 0 Å². The average molecular weight is 340 g/mol. The molecule has 2 heterocycles. The monoisotopic (exact) mass is 340 g/mol. The molecule has 1 saturated carbocycles. The summed E-state index contributed by atoms with van der Waals surface area (Å²) in [6.45, 7) is 1.41. The molecule has 2 aliphatic heterocycles. The Morgan fingerprint density at radius 2 is 1.84 bits per heavy atom. The SMILES string of the molecule is CN1C(=O)C2(CCN(C(=O)CCC3CCCC3)CC2)c2ccccc21. The van der Waals surface area contributed by atoms with Gasteiger partial charge in [0.25, 0.3) is 0 Å². The van der Waals surface area contributed by atoms with Crippen molar-refractivity contribution in [2.45, 2.75) is 56.8 Å². The maximum atomic E-state index is 12.9. The number of rotatable bonds is 3. The number of likely N-dealkylation sites (tertiary alicyclic amines) is 1. The Bertz CT molecular complexity index is 670. The number of anilines is 1. The second kappa shape index (κ2) is 6.47. The molecule has 1 aliphatic carbocycles. The summed E-state index contributed by atoms with van der Waals surface area (Å²) in [4.78, 5) is 29.3. The van der Waals surface area contributed by atoms with E-state index in [1.807, 2.05) is 30.1 Å². The summed E-state index contributed by atoms with van der Waals surface area (Å²) in [5, 5.41) is 0. The molecular weight excluding hydrogens is 312 g/mol. The number of hydrogen-bond acceptors (Lipinski definition) is 2. The van der Waals surface area contributed by atoms with E-state index in [9.17, 15) is 9.59 Å². The van der Waals surface area contributed by atoms with Crippen molar-refractivity contribution in [3.8, 4) is 0 Å². The minimum Gasteiger partial charge on any atom is -0.343 e. The Hall–Kier alpha value is -1.84. The molecule has 4 rings (SSSR count). The molecule has 1 spiro atoms. The lowest BCUT2D eigenvalue weighted by molar-refractivity contribution is -0.135. The third-order valence-electron chi connectivity index (χ3n) is 6.71. The summed E-state index contributed by atoms with van der Waals surface area (Å²) in [6, 6.07) is 8.13. The molecule has 1 aromatic carbocycles. The van der Waals surface area contributed by atoms with Crippen LogP contribution in [0.5, 0.6) is 0 Å². The molecular formula is C21H28N2O2. The molecule has 0 atom stereocenters. The Morgan fingerprint density at radius 1 is 1.16 bits per heavy atom. The number of carbonyl (C=O) groups excluding carboxylic acids is 2. The van der Waals surface area contributed by atoms with Crippen LogP contribution in [0.1, 0.15) is 56.9 Å². The van der Waals surface area contributed by atoms with Gasteiger partial charge in [0.15, 0.2) is 0 Å². The molecule has 0 aromatic heterocycles. The van der Waals surface area contributed by atoms with E-state index < -0.39 is 5.41 Å². The quantitative estimate of drug-likeness (QED) is 0.845. The van der Waals surface area contributed by atoms with E-state index >= 15 is 0 Å². The number of hydrogen-bond donors (Lipinski definition) is 0. The molecule has 0 bridgehead atoms. The zero-order chi connectivity index (χ0) is 17.4. The van der Waals surface area contributed by atoms with Crippen LogP contribution in [-0.4, -0.2) is 36.9 Å². The van der Waals surface area contributed by atoms with Crippen molar-refractivity contribution in [2.24, 2.45) is 5.92 Å². The van der Waals surface area contributed by atoms with Crippen molar-refractivity contribution >= 4 is 17.5 Å². The van der Waals surface area contributed by atoms with Crippen molar-refractivity contribution in [1.82, 2.24) is 4.90 Å². The first-order valence-corrected chi connectivity index (χ1v) is 9.77. The third kappa shape index (κ3) is 2.76. The van der Waals surface area contributed by atoms with Gasteiger partial charge < -0.3 is 9.80 Å². The molecule has 4 nitrogen and oxygen atoms in total. The number of likely N-dealkylation sites (N-methyl/N-ethyl adjacent to an activating group) is 1. The number of fused-ring (bicyclic) bond motifs is 2. The van der Waals surface area contributed by atoms with Crippen molar-refractivity contribution in [2.75, 3.05) is 25.0 Å². The van der Waals surface area contributed by atoms with Crippen LogP contribution in [0, 0.1) is 5.92 Å². The molecule has 2 amide bonds. The highest BCUT2D eigenvalue weighted by molar-refractivity contribution is 6.07.